The molecule has 2 rings (SSSR count). The van der Waals surface area contributed by atoms with Crippen LogP contribution in [-0.4, -0.2) is 11.9 Å². The lowest BCUT2D eigenvalue weighted by atomic mass is 9.78. The van der Waals surface area contributed by atoms with E-state index in [1.165, 1.54) is 0 Å². The molecule has 1 N–H and O–H groups in total. The van der Waals surface area contributed by atoms with Crippen LogP contribution in [0.3, 0.4) is 0 Å². The summed E-state index contributed by atoms with van der Waals surface area (Å²) in [6, 6.07) is 1.30. The standard InChI is InChI=1S/C15H18F3NO/c1-3-4-9-7-10(8(2)19-15(9)20)13-11(16)5-6-12(17)14(13)18/h5-6,8-10H,3-4,7H2,1-2H3,(H,19,20). The van der Waals surface area contributed by atoms with Crippen LogP contribution in [0.1, 0.15) is 44.6 Å². The second-order valence-corrected chi connectivity index (χ2v) is 5.38. The van der Waals surface area contributed by atoms with E-state index in [1.54, 1.807) is 6.92 Å². The summed E-state index contributed by atoms with van der Waals surface area (Å²) < 4.78 is 41.1. The number of amides is 1. The molecule has 1 aliphatic rings. The average Bonchev–Trinajstić information content (AvgIpc) is 2.39. The van der Waals surface area contributed by atoms with Crippen molar-refractivity contribution in [2.45, 2.75) is 45.1 Å². The smallest absolute Gasteiger partial charge is 0.223 e. The minimum absolute atomic E-state index is 0.0900. The quantitative estimate of drug-likeness (QED) is 0.846. The van der Waals surface area contributed by atoms with Gasteiger partial charge in [0.25, 0.3) is 0 Å². The zero-order valence-corrected chi connectivity index (χ0v) is 11.6. The normalized spacial score (nSPS) is 26.4. The fourth-order valence-electron chi connectivity index (χ4n) is 2.91. The summed E-state index contributed by atoms with van der Waals surface area (Å²) in [6.45, 7) is 3.64. The molecule has 1 amide bonds. The Hall–Kier alpha value is -1.52. The number of hydrogen-bond donors (Lipinski definition) is 1. The van der Waals surface area contributed by atoms with Crippen LogP contribution >= 0.6 is 0 Å². The molecule has 1 fully saturated rings. The van der Waals surface area contributed by atoms with Crippen molar-refractivity contribution in [3.63, 3.8) is 0 Å². The van der Waals surface area contributed by atoms with Gasteiger partial charge in [-0.1, -0.05) is 13.3 Å². The molecule has 0 saturated carbocycles. The molecule has 0 aromatic heterocycles. The van der Waals surface area contributed by atoms with Crippen LogP contribution in [0, 0.1) is 23.4 Å². The summed E-state index contributed by atoms with van der Waals surface area (Å²) >= 11 is 0. The predicted octanol–water partition coefficient (Wildman–Crippen LogP) is 3.51. The molecule has 1 aromatic carbocycles. The predicted molar refractivity (Wildman–Crippen MR) is 69.7 cm³/mol. The van der Waals surface area contributed by atoms with Crippen LogP contribution in [0.2, 0.25) is 0 Å². The van der Waals surface area contributed by atoms with Gasteiger partial charge in [0.15, 0.2) is 11.6 Å². The second-order valence-electron chi connectivity index (χ2n) is 5.38. The monoisotopic (exact) mass is 285 g/mol. The highest BCUT2D eigenvalue weighted by molar-refractivity contribution is 5.80. The number of carbonyl (C=O) groups is 1. The summed E-state index contributed by atoms with van der Waals surface area (Å²) in [5.74, 6) is -3.87. The number of benzene rings is 1. The first-order valence-electron chi connectivity index (χ1n) is 6.89. The van der Waals surface area contributed by atoms with Gasteiger partial charge in [0.1, 0.15) is 5.82 Å². The molecule has 110 valence electrons. The molecule has 20 heavy (non-hydrogen) atoms. The molecule has 0 aliphatic carbocycles. The highest BCUT2D eigenvalue weighted by Gasteiger charge is 2.36. The van der Waals surface area contributed by atoms with Crippen molar-refractivity contribution in [3.8, 4) is 0 Å². The van der Waals surface area contributed by atoms with E-state index in [1.807, 2.05) is 6.92 Å². The molecule has 2 nitrogen and oxygen atoms in total. The minimum atomic E-state index is -1.15. The SMILES string of the molecule is CCCC1CC(c2c(F)ccc(F)c2F)C(C)NC1=O. The highest BCUT2D eigenvalue weighted by Crippen LogP contribution is 2.36. The molecule has 1 saturated heterocycles. The van der Waals surface area contributed by atoms with Crippen LogP contribution in [-0.2, 0) is 4.79 Å². The summed E-state index contributed by atoms with van der Waals surface area (Å²) in [4.78, 5) is 11.8. The third-order valence-electron chi connectivity index (χ3n) is 3.97. The number of piperidine rings is 1. The first kappa shape index (κ1) is 14.9. The van der Waals surface area contributed by atoms with Gasteiger partial charge in [-0.3, -0.25) is 4.79 Å². The summed E-state index contributed by atoms with van der Waals surface area (Å²) in [7, 11) is 0. The number of nitrogens with one attached hydrogen (secondary N) is 1. The average molecular weight is 285 g/mol. The van der Waals surface area contributed by atoms with Gasteiger partial charge in [-0.05, 0) is 31.9 Å². The van der Waals surface area contributed by atoms with Crippen molar-refractivity contribution in [1.82, 2.24) is 5.32 Å². The van der Waals surface area contributed by atoms with Crippen molar-refractivity contribution >= 4 is 5.91 Å². The first-order chi connectivity index (χ1) is 9.45. The molecule has 5 heteroatoms. The van der Waals surface area contributed by atoms with E-state index in [9.17, 15) is 18.0 Å². The van der Waals surface area contributed by atoms with Crippen molar-refractivity contribution in [1.29, 1.82) is 0 Å². The van der Waals surface area contributed by atoms with Gasteiger partial charge >= 0.3 is 0 Å². The van der Waals surface area contributed by atoms with Gasteiger partial charge in [0, 0.05) is 23.4 Å². The summed E-state index contributed by atoms with van der Waals surface area (Å²) in [6.07, 6.45) is 1.82. The van der Waals surface area contributed by atoms with Gasteiger partial charge in [0.2, 0.25) is 5.91 Å². The van der Waals surface area contributed by atoms with Crippen LogP contribution in [0.25, 0.3) is 0 Å². The van der Waals surface area contributed by atoms with Gasteiger partial charge in [0.05, 0.1) is 0 Å². The molecule has 0 spiro atoms. The Kier molecular flexibility index (Phi) is 4.35. The maximum absolute atomic E-state index is 13.9. The van der Waals surface area contributed by atoms with Crippen molar-refractivity contribution in [3.05, 3.63) is 35.1 Å². The summed E-state index contributed by atoms with van der Waals surface area (Å²) in [5.41, 5.74) is -0.251. The highest BCUT2D eigenvalue weighted by atomic mass is 19.2. The van der Waals surface area contributed by atoms with E-state index in [-0.39, 0.29) is 17.4 Å². The molecule has 1 heterocycles. The summed E-state index contributed by atoms with van der Waals surface area (Å²) in [5, 5.41) is 2.74. The van der Waals surface area contributed by atoms with Gasteiger partial charge < -0.3 is 5.32 Å². The van der Waals surface area contributed by atoms with E-state index < -0.39 is 29.4 Å². The maximum atomic E-state index is 13.9. The number of rotatable bonds is 3. The van der Waals surface area contributed by atoms with Gasteiger partial charge in [-0.15, -0.1) is 0 Å². The Morgan fingerprint density at radius 3 is 2.55 bits per heavy atom. The van der Waals surface area contributed by atoms with Crippen molar-refractivity contribution in [2.75, 3.05) is 0 Å². The third kappa shape index (κ3) is 2.67. The molecule has 3 unspecified atom stereocenters. The van der Waals surface area contributed by atoms with Gasteiger partial charge in [-0.2, -0.15) is 0 Å². The van der Waals surface area contributed by atoms with E-state index >= 15 is 0 Å². The fourth-order valence-corrected chi connectivity index (χ4v) is 2.91. The zero-order chi connectivity index (χ0) is 14.9. The molecular formula is C15H18F3NO. The number of carbonyl (C=O) groups excluding carboxylic acids is 1. The molecular weight excluding hydrogens is 267 g/mol. The molecule has 0 radical (unpaired) electrons. The van der Waals surface area contributed by atoms with E-state index in [4.69, 9.17) is 0 Å². The Balaban J connectivity index is 2.36. The lowest BCUT2D eigenvalue weighted by Gasteiger charge is -2.35. The molecule has 1 aliphatic heterocycles. The third-order valence-corrected chi connectivity index (χ3v) is 3.97. The fraction of sp³-hybridized carbons (Fsp3) is 0.533. The Morgan fingerprint density at radius 2 is 1.90 bits per heavy atom. The van der Waals surface area contributed by atoms with E-state index in [2.05, 4.69) is 5.32 Å². The molecule has 0 bridgehead atoms. The molecule has 1 aromatic rings. The van der Waals surface area contributed by atoms with Crippen LogP contribution in [0.4, 0.5) is 13.2 Å². The topological polar surface area (TPSA) is 29.1 Å². The van der Waals surface area contributed by atoms with Gasteiger partial charge in [-0.25, -0.2) is 13.2 Å². The van der Waals surface area contributed by atoms with Crippen LogP contribution in [0.5, 0.6) is 0 Å². The Bertz CT molecular complexity index is 518. The Labute approximate surface area is 116 Å². The van der Waals surface area contributed by atoms with E-state index in [0.717, 1.165) is 18.6 Å². The Morgan fingerprint density at radius 1 is 1.25 bits per heavy atom. The molecule has 3 atom stereocenters. The van der Waals surface area contributed by atoms with Crippen LogP contribution in [0.15, 0.2) is 12.1 Å². The lowest BCUT2D eigenvalue weighted by molar-refractivity contribution is -0.128. The number of hydrogen-bond acceptors (Lipinski definition) is 1. The second kappa shape index (κ2) is 5.85. The lowest BCUT2D eigenvalue weighted by Crippen LogP contribution is -2.47. The van der Waals surface area contributed by atoms with Crippen molar-refractivity contribution < 1.29 is 18.0 Å². The first-order valence-corrected chi connectivity index (χ1v) is 6.89. The van der Waals surface area contributed by atoms with E-state index in [0.29, 0.717) is 12.8 Å². The van der Waals surface area contributed by atoms with Crippen molar-refractivity contribution in [2.24, 2.45) is 5.92 Å². The maximum Gasteiger partial charge on any atom is 0.223 e. The number of halogens is 3. The largest absolute Gasteiger partial charge is 0.353 e. The zero-order valence-electron chi connectivity index (χ0n) is 11.6. The van der Waals surface area contributed by atoms with Crippen LogP contribution < -0.4 is 5.32 Å². The minimum Gasteiger partial charge on any atom is -0.353 e.